The molecule has 2 aromatic rings. The van der Waals surface area contributed by atoms with Crippen LogP contribution in [0.3, 0.4) is 0 Å². The maximum absolute atomic E-state index is 11.4. The lowest BCUT2D eigenvalue weighted by Crippen LogP contribution is -2.31. The van der Waals surface area contributed by atoms with Gasteiger partial charge in [-0.1, -0.05) is 0 Å². The minimum Gasteiger partial charge on any atom is -0.497 e. The van der Waals surface area contributed by atoms with Crippen molar-refractivity contribution in [2.45, 2.75) is 26.4 Å². The molecule has 1 aliphatic heterocycles. The number of aromatic carboxylic acids is 1. The highest BCUT2D eigenvalue weighted by molar-refractivity contribution is 5.87. The van der Waals surface area contributed by atoms with Gasteiger partial charge in [0.25, 0.3) is 0 Å². The van der Waals surface area contributed by atoms with Gasteiger partial charge in [-0.3, -0.25) is 4.68 Å². The Labute approximate surface area is 128 Å². The minimum absolute atomic E-state index is 0.176. The van der Waals surface area contributed by atoms with Gasteiger partial charge in [-0.25, -0.2) is 4.79 Å². The number of hydrogen-bond acceptors (Lipinski definition) is 4. The van der Waals surface area contributed by atoms with Crippen molar-refractivity contribution in [3.63, 3.8) is 0 Å². The summed E-state index contributed by atoms with van der Waals surface area (Å²) >= 11 is 0. The maximum Gasteiger partial charge on any atom is 0.356 e. The second-order valence-corrected chi connectivity index (χ2v) is 5.26. The molecule has 1 aromatic carbocycles. The topological polar surface area (TPSA) is 67.6 Å². The first-order valence-corrected chi connectivity index (χ1v) is 7.35. The van der Waals surface area contributed by atoms with E-state index in [2.05, 4.69) is 10.00 Å². The second kappa shape index (κ2) is 5.71. The van der Waals surface area contributed by atoms with Crippen LogP contribution in [0, 0.1) is 0 Å². The predicted molar refractivity (Wildman–Crippen MR) is 82.6 cm³/mol. The molecule has 1 aliphatic rings. The summed E-state index contributed by atoms with van der Waals surface area (Å²) in [6.45, 7) is 4.10. The molecule has 0 aliphatic carbocycles. The lowest BCUT2D eigenvalue weighted by molar-refractivity contribution is 0.0688. The monoisotopic (exact) mass is 301 g/mol. The second-order valence-electron chi connectivity index (χ2n) is 5.26. The molecule has 1 N–H and O–H groups in total. The van der Waals surface area contributed by atoms with Gasteiger partial charge in [-0.15, -0.1) is 0 Å². The van der Waals surface area contributed by atoms with Crippen LogP contribution < -0.4 is 9.64 Å². The lowest BCUT2D eigenvalue weighted by atomic mass is 10.0. The van der Waals surface area contributed by atoms with Crippen LogP contribution in [0.4, 0.5) is 5.69 Å². The largest absolute Gasteiger partial charge is 0.497 e. The molecule has 2 heterocycles. The number of fused-ring (bicyclic) bond motifs is 1. The third kappa shape index (κ3) is 2.41. The zero-order chi connectivity index (χ0) is 15.7. The van der Waals surface area contributed by atoms with E-state index < -0.39 is 5.97 Å². The number of carboxylic acid groups (broad SMARTS) is 1. The van der Waals surface area contributed by atoms with Crippen LogP contribution in [0.2, 0.25) is 0 Å². The van der Waals surface area contributed by atoms with Gasteiger partial charge < -0.3 is 14.7 Å². The fraction of sp³-hybridized carbons (Fsp3) is 0.375. The molecular formula is C16H19N3O3. The van der Waals surface area contributed by atoms with Crippen molar-refractivity contribution < 1.29 is 14.6 Å². The molecule has 0 saturated carbocycles. The SMILES string of the molecule is CCn1nc(C(=O)O)c2c1CCN(c1ccc(OC)cc1)C2. The van der Waals surface area contributed by atoms with Gasteiger partial charge in [0.2, 0.25) is 0 Å². The van der Waals surface area contributed by atoms with E-state index in [0.29, 0.717) is 13.1 Å². The average molecular weight is 301 g/mol. The number of aromatic nitrogens is 2. The minimum atomic E-state index is -0.958. The molecule has 0 fully saturated rings. The molecule has 0 bridgehead atoms. The number of hydrogen-bond donors (Lipinski definition) is 1. The van der Waals surface area contributed by atoms with Crippen LogP contribution >= 0.6 is 0 Å². The van der Waals surface area contributed by atoms with E-state index in [-0.39, 0.29) is 5.69 Å². The van der Waals surface area contributed by atoms with E-state index in [1.807, 2.05) is 35.9 Å². The van der Waals surface area contributed by atoms with E-state index in [9.17, 15) is 9.90 Å². The summed E-state index contributed by atoms with van der Waals surface area (Å²) in [5.74, 6) is -0.147. The number of methoxy groups -OCH3 is 1. The fourth-order valence-corrected chi connectivity index (χ4v) is 2.94. The molecule has 0 atom stereocenters. The number of carboxylic acids is 1. The van der Waals surface area contributed by atoms with Crippen molar-refractivity contribution in [1.82, 2.24) is 9.78 Å². The predicted octanol–water partition coefficient (Wildman–Crippen LogP) is 2.17. The average Bonchev–Trinajstić information content (AvgIpc) is 2.93. The molecule has 0 spiro atoms. The highest BCUT2D eigenvalue weighted by atomic mass is 16.5. The summed E-state index contributed by atoms with van der Waals surface area (Å²) in [5, 5.41) is 13.6. The van der Waals surface area contributed by atoms with Gasteiger partial charge >= 0.3 is 5.97 Å². The molecule has 0 radical (unpaired) electrons. The Bertz CT molecular complexity index is 691. The van der Waals surface area contributed by atoms with Gasteiger partial charge in [0, 0.05) is 43.0 Å². The van der Waals surface area contributed by atoms with E-state index >= 15 is 0 Å². The van der Waals surface area contributed by atoms with Gasteiger partial charge in [0.15, 0.2) is 5.69 Å². The normalized spacial score (nSPS) is 13.8. The number of ether oxygens (including phenoxy) is 1. The number of anilines is 1. The first kappa shape index (κ1) is 14.4. The summed E-state index contributed by atoms with van der Waals surface area (Å²) in [5.41, 5.74) is 3.11. The van der Waals surface area contributed by atoms with E-state index in [0.717, 1.165) is 35.7 Å². The van der Waals surface area contributed by atoms with Crippen LogP contribution in [0.15, 0.2) is 24.3 Å². The first-order valence-electron chi connectivity index (χ1n) is 7.35. The van der Waals surface area contributed by atoms with Crippen LogP contribution in [0.5, 0.6) is 5.75 Å². The highest BCUT2D eigenvalue weighted by Gasteiger charge is 2.27. The smallest absolute Gasteiger partial charge is 0.356 e. The number of aryl methyl sites for hydroxylation is 1. The van der Waals surface area contributed by atoms with Crippen molar-refractivity contribution in [1.29, 1.82) is 0 Å². The van der Waals surface area contributed by atoms with Crippen molar-refractivity contribution >= 4 is 11.7 Å². The van der Waals surface area contributed by atoms with Crippen LogP contribution in [-0.2, 0) is 19.5 Å². The Morgan fingerprint density at radius 1 is 1.36 bits per heavy atom. The Morgan fingerprint density at radius 3 is 2.68 bits per heavy atom. The molecule has 1 aromatic heterocycles. The Kier molecular flexibility index (Phi) is 3.75. The summed E-state index contributed by atoms with van der Waals surface area (Å²) in [6.07, 6.45) is 0.801. The standard InChI is InChI=1S/C16H19N3O3/c1-3-19-14-8-9-18(10-13(14)15(17-19)16(20)21)11-4-6-12(22-2)7-5-11/h4-7H,3,8-10H2,1-2H3,(H,20,21). The number of carbonyl (C=O) groups is 1. The van der Waals surface area contributed by atoms with E-state index in [1.54, 1.807) is 7.11 Å². The van der Waals surface area contributed by atoms with Gasteiger partial charge in [-0.2, -0.15) is 5.10 Å². The molecule has 6 heteroatoms. The highest BCUT2D eigenvalue weighted by Crippen LogP contribution is 2.28. The molecule has 3 rings (SSSR count). The van der Waals surface area contributed by atoms with Crippen LogP contribution in [0.25, 0.3) is 0 Å². The Morgan fingerprint density at radius 2 is 2.09 bits per heavy atom. The maximum atomic E-state index is 11.4. The third-order valence-corrected chi connectivity index (χ3v) is 4.07. The molecule has 6 nitrogen and oxygen atoms in total. The number of rotatable bonds is 4. The fourth-order valence-electron chi connectivity index (χ4n) is 2.94. The third-order valence-electron chi connectivity index (χ3n) is 4.07. The van der Waals surface area contributed by atoms with E-state index in [4.69, 9.17) is 4.74 Å². The van der Waals surface area contributed by atoms with Crippen molar-refractivity contribution in [3.05, 3.63) is 41.2 Å². The van der Waals surface area contributed by atoms with E-state index in [1.165, 1.54) is 0 Å². The number of benzene rings is 1. The molecular weight excluding hydrogens is 282 g/mol. The zero-order valence-electron chi connectivity index (χ0n) is 12.7. The van der Waals surface area contributed by atoms with Crippen LogP contribution in [0.1, 0.15) is 28.7 Å². The Hall–Kier alpha value is -2.50. The van der Waals surface area contributed by atoms with Crippen molar-refractivity contribution in [2.24, 2.45) is 0 Å². The summed E-state index contributed by atoms with van der Waals surface area (Å²) in [4.78, 5) is 13.6. The summed E-state index contributed by atoms with van der Waals surface area (Å²) in [7, 11) is 1.64. The lowest BCUT2D eigenvalue weighted by Gasteiger charge is -2.29. The molecule has 0 unspecified atom stereocenters. The summed E-state index contributed by atoms with van der Waals surface area (Å²) < 4.78 is 6.98. The van der Waals surface area contributed by atoms with Crippen molar-refractivity contribution in [2.75, 3.05) is 18.6 Å². The quantitative estimate of drug-likeness (QED) is 0.937. The Balaban J connectivity index is 1.92. The van der Waals surface area contributed by atoms with Crippen LogP contribution in [-0.4, -0.2) is 34.5 Å². The number of nitrogens with zero attached hydrogens (tertiary/aromatic N) is 3. The summed E-state index contributed by atoms with van der Waals surface area (Å²) in [6, 6.07) is 7.82. The molecule has 0 amide bonds. The first-order chi connectivity index (χ1) is 10.6. The molecule has 116 valence electrons. The van der Waals surface area contributed by atoms with Gasteiger partial charge in [0.05, 0.1) is 7.11 Å². The molecule has 22 heavy (non-hydrogen) atoms. The van der Waals surface area contributed by atoms with Gasteiger partial charge in [-0.05, 0) is 31.2 Å². The zero-order valence-corrected chi connectivity index (χ0v) is 12.7. The van der Waals surface area contributed by atoms with Crippen molar-refractivity contribution in [3.8, 4) is 5.75 Å². The molecule has 0 saturated heterocycles. The van der Waals surface area contributed by atoms with Gasteiger partial charge in [0.1, 0.15) is 5.75 Å².